The summed E-state index contributed by atoms with van der Waals surface area (Å²) < 4.78 is 47.0. The van der Waals surface area contributed by atoms with E-state index < -0.39 is 28.2 Å². The van der Waals surface area contributed by atoms with Gasteiger partial charge in [0.15, 0.2) is 26.7 Å². The van der Waals surface area contributed by atoms with E-state index >= 15 is 0 Å². The molecule has 2 N–H and O–H groups in total. The van der Waals surface area contributed by atoms with Crippen molar-refractivity contribution in [2.45, 2.75) is 36.9 Å². The van der Waals surface area contributed by atoms with E-state index in [9.17, 15) is 27.5 Å². The van der Waals surface area contributed by atoms with Crippen LogP contribution in [0.1, 0.15) is 34.3 Å². The molecule has 1 aromatic heterocycles. The van der Waals surface area contributed by atoms with Crippen LogP contribution < -0.4 is 10.0 Å². The molecule has 5 rings (SSSR count). The molecule has 3 amide bonds. The zero-order valence-electron chi connectivity index (χ0n) is 17.1. The molecule has 2 aromatic carbocycles. The first-order valence-electron chi connectivity index (χ1n) is 10.2. The van der Waals surface area contributed by atoms with Crippen molar-refractivity contribution < 1.29 is 32.0 Å². The van der Waals surface area contributed by atoms with Gasteiger partial charge in [-0.15, -0.1) is 4.72 Å². The SMILES string of the molecule is O=C1CCC(N2Cc3cc(CN[S+](=O)([O-])c4ccc(F)c5occc45)ccc3C2=O)C(=O)N1. The van der Waals surface area contributed by atoms with Crippen LogP contribution in [0.4, 0.5) is 4.39 Å². The molecule has 2 atom stereocenters. The summed E-state index contributed by atoms with van der Waals surface area (Å²) in [6.07, 6.45) is 1.65. The van der Waals surface area contributed by atoms with Gasteiger partial charge in [-0.1, -0.05) is 16.3 Å². The minimum atomic E-state index is -3.98. The number of nitrogens with one attached hydrogen (secondary N) is 2. The highest BCUT2D eigenvalue weighted by molar-refractivity contribution is 7.96. The second-order valence-corrected chi connectivity index (χ2v) is 9.66. The molecule has 33 heavy (non-hydrogen) atoms. The number of rotatable bonds is 5. The highest BCUT2D eigenvalue weighted by Gasteiger charge is 2.39. The summed E-state index contributed by atoms with van der Waals surface area (Å²) in [4.78, 5) is 37.7. The second-order valence-electron chi connectivity index (χ2n) is 7.92. The molecule has 2 unspecified atom stereocenters. The van der Waals surface area contributed by atoms with E-state index in [1.807, 2.05) is 0 Å². The molecule has 0 saturated carbocycles. The Balaban J connectivity index is 1.33. The Morgan fingerprint density at radius 1 is 1.21 bits per heavy atom. The zero-order valence-corrected chi connectivity index (χ0v) is 17.9. The van der Waals surface area contributed by atoms with Crippen molar-refractivity contribution in [3.63, 3.8) is 0 Å². The minimum Gasteiger partial charge on any atom is -0.593 e. The number of piperidine rings is 1. The smallest absolute Gasteiger partial charge is 0.255 e. The van der Waals surface area contributed by atoms with Gasteiger partial charge < -0.3 is 13.9 Å². The van der Waals surface area contributed by atoms with E-state index in [-0.39, 0.29) is 53.6 Å². The summed E-state index contributed by atoms with van der Waals surface area (Å²) in [6.45, 7) is 0.133. The Hall–Kier alpha value is -3.41. The third-order valence-corrected chi connectivity index (χ3v) is 7.33. The number of imide groups is 1. The topological polar surface area (TPSA) is 132 Å². The second kappa shape index (κ2) is 7.87. The molecule has 11 heteroatoms. The Morgan fingerprint density at radius 2 is 2.03 bits per heavy atom. The van der Waals surface area contributed by atoms with Gasteiger partial charge in [0, 0.05) is 18.5 Å². The maximum atomic E-state index is 13.8. The van der Waals surface area contributed by atoms with Gasteiger partial charge in [-0.3, -0.25) is 19.7 Å². The van der Waals surface area contributed by atoms with Gasteiger partial charge in [-0.05, 0) is 41.8 Å². The first kappa shape index (κ1) is 21.4. The van der Waals surface area contributed by atoms with Crippen molar-refractivity contribution in [2.75, 3.05) is 0 Å². The molecular formula is C22H18FN3O6S. The molecule has 0 aliphatic carbocycles. The van der Waals surface area contributed by atoms with Crippen LogP contribution in [-0.2, 0) is 37.3 Å². The predicted octanol–water partition coefficient (Wildman–Crippen LogP) is 2.03. The normalized spacial score (nSPS) is 20.1. The summed E-state index contributed by atoms with van der Waals surface area (Å²) in [5, 5.41) is 2.39. The van der Waals surface area contributed by atoms with E-state index in [1.54, 1.807) is 18.2 Å². The average Bonchev–Trinajstić information content (AvgIpc) is 3.38. The molecule has 1 saturated heterocycles. The maximum Gasteiger partial charge on any atom is 0.255 e. The molecule has 2 aliphatic rings. The number of carbonyl (C=O) groups excluding carboxylic acids is 3. The molecule has 9 nitrogen and oxygen atoms in total. The van der Waals surface area contributed by atoms with Crippen LogP contribution >= 0.6 is 0 Å². The average molecular weight is 471 g/mol. The fraction of sp³-hybridized carbons (Fsp3) is 0.227. The van der Waals surface area contributed by atoms with Crippen LogP contribution in [-0.4, -0.2) is 33.2 Å². The van der Waals surface area contributed by atoms with Crippen LogP contribution in [0.2, 0.25) is 0 Å². The molecule has 170 valence electrons. The van der Waals surface area contributed by atoms with E-state index in [2.05, 4.69) is 10.0 Å². The molecule has 3 aromatic rings. The monoisotopic (exact) mass is 471 g/mol. The van der Waals surface area contributed by atoms with Crippen molar-refractivity contribution >= 4 is 39.1 Å². The quantitative estimate of drug-likeness (QED) is 0.432. The lowest BCUT2D eigenvalue weighted by atomic mass is 10.0. The van der Waals surface area contributed by atoms with Gasteiger partial charge in [-0.25, -0.2) is 4.39 Å². The summed E-state index contributed by atoms with van der Waals surface area (Å²) >= 11 is 0. The molecule has 0 spiro atoms. The number of hydrogen-bond acceptors (Lipinski definition) is 6. The number of fused-ring (bicyclic) bond motifs is 2. The fourth-order valence-corrected chi connectivity index (χ4v) is 5.44. The van der Waals surface area contributed by atoms with Crippen LogP contribution in [0.15, 0.2) is 52.0 Å². The van der Waals surface area contributed by atoms with Gasteiger partial charge in [0.1, 0.15) is 6.04 Å². The third-order valence-electron chi connectivity index (χ3n) is 5.87. The van der Waals surface area contributed by atoms with E-state index in [0.717, 1.165) is 6.07 Å². The van der Waals surface area contributed by atoms with Gasteiger partial charge in [0.25, 0.3) is 5.91 Å². The number of benzene rings is 2. The third kappa shape index (κ3) is 3.73. The number of furan rings is 1. The van der Waals surface area contributed by atoms with Crippen molar-refractivity contribution in [1.29, 1.82) is 0 Å². The number of halogens is 1. The Bertz CT molecular complexity index is 1370. The Kier molecular flexibility index (Phi) is 5.11. The summed E-state index contributed by atoms with van der Waals surface area (Å²) in [5.74, 6) is -1.81. The number of carbonyl (C=O) groups is 3. The predicted molar refractivity (Wildman–Crippen MR) is 113 cm³/mol. The first-order chi connectivity index (χ1) is 15.7. The highest BCUT2D eigenvalue weighted by Crippen LogP contribution is 2.30. The van der Waals surface area contributed by atoms with Crippen molar-refractivity contribution in [3.8, 4) is 0 Å². The van der Waals surface area contributed by atoms with Gasteiger partial charge in [0.2, 0.25) is 11.8 Å². The van der Waals surface area contributed by atoms with Crippen molar-refractivity contribution in [3.05, 3.63) is 65.2 Å². The molecule has 0 bridgehead atoms. The van der Waals surface area contributed by atoms with Crippen LogP contribution in [0.5, 0.6) is 0 Å². The van der Waals surface area contributed by atoms with Crippen LogP contribution in [0, 0.1) is 5.82 Å². The summed E-state index contributed by atoms with van der Waals surface area (Å²) in [7, 11) is -3.98. The van der Waals surface area contributed by atoms with Crippen molar-refractivity contribution in [1.82, 2.24) is 14.9 Å². The Labute approximate surface area is 188 Å². The number of nitrogens with zero attached hydrogens (tertiary/aromatic N) is 1. The van der Waals surface area contributed by atoms with E-state index in [0.29, 0.717) is 16.7 Å². The standard InChI is InChI=1S/C22H18FN3O6S/c23-16-3-5-18(15-7-8-32-20(15)16)33(30,31)24-10-12-1-2-14-13(9-12)11-26(22(14)29)17-4-6-19(27)25-21(17)28/h1-3,5,7-9,17H,4,6,10-11H2,(H2-,24,25,27,28,30,31). The van der Waals surface area contributed by atoms with Gasteiger partial charge in [0.05, 0.1) is 18.2 Å². The zero-order chi connectivity index (χ0) is 23.3. The van der Waals surface area contributed by atoms with Crippen LogP contribution in [0.25, 0.3) is 11.0 Å². The maximum absolute atomic E-state index is 13.8. The molecule has 0 radical (unpaired) electrons. The molecule has 3 heterocycles. The lowest BCUT2D eigenvalue weighted by Gasteiger charge is -2.29. The van der Waals surface area contributed by atoms with Crippen molar-refractivity contribution in [2.24, 2.45) is 0 Å². The number of hydrogen-bond donors (Lipinski definition) is 2. The largest absolute Gasteiger partial charge is 0.593 e. The molecular weight excluding hydrogens is 453 g/mol. The lowest BCUT2D eigenvalue weighted by Crippen LogP contribution is -2.52. The van der Waals surface area contributed by atoms with Crippen LogP contribution in [0.3, 0.4) is 0 Å². The molecule has 2 aliphatic heterocycles. The molecule has 1 fully saturated rings. The van der Waals surface area contributed by atoms with Gasteiger partial charge >= 0.3 is 0 Å². The van der Waals surface area contributed by atoms with E-state index in [1.165, 1.54) is 23.3 Å². The van der Waals surface area contributed by atoms with Gasteiger partial charge in [-0.2, -0.15) is 0 Å². The van der Waals surface area contributed by atoms with E-state index in [4.69, 9.17) is 4.42 Å². The fourth-order valence-electron chi connectivity index (χ4n) is 4.23. The Morgan fingerprint density at radius 3 is 2.82 bits per heavy atom. The minimum absolute atomic E-state index is 0.0566. The highest BCUT2D eigenvalue weighted by atomic mass is 32.3. The number of sulfonamides is 1. The number of amides is 3. The lowest BCUT2D eigenvalue weighted by molar-refractivity contribution is -0.136. The summed E-state index contributed by atoms with van der Waals surface area (Å²) in [5.41, 5.74) is 1.58. The summed E-state index contributed by atoms with van der Waals surface area (Å²) in [6, 6.07) is 7.81. The first-order valence-corrected chi connectivity index (χ1v) is 11.6.